The molecular weight excluding hydrogens is 286 g/mol. The van der Waals surface area contributed by atoms with Crippen molar-refractivity contribution in [3.05, 3.63) is 35.2 Å². The van der Waals surface area contributed by atoms with Crippen LogP contribution in [-0.4, -0.2) is 36.7 Å². The molecule has 0 fully saturated rings. The van der Waals surface area contributed by atoms with Gasteiger partial charge in [0, 0.05) is 18.4 Å². The van der Waals surface area contributed by atoms with E-state index in [-0.39, 0.29) is 17.4 Å². The fourth-order valence-electron chi connectivity index (χ4n) is 2.18. The van der Waals surface area contributed by atoms with Gasteiger partial charge in [-0.1, -0.05) is 0 Å². The van der Waals surface area contributed by atoms with Crippen LogP contribution in [0.4, 0.5) is 5.69 Å². The first-order valence-corrected chi connectivity index (χ1v) is 6.74. The predicted molar refractivity (Wildman–Crippen MR) is 79.0 cm³/mol. The standard InChI is InChI=1S/C14H17N5O3/c1-7(2)19-9(4)10(8(3)18-19)17-13(20)11-12(14(21)22)16-6-5-15-11/h5-7H,1-4H3,(H,17,20)(H,21,22). The summed E-state index contributed by atoms with van der Waals surface area (Å²) in [5, 5.41) is 16.1. The van der Waals surface area contributed by atoms with E-state index in [1.165, 1.54) is 12.4 Å². The van der Waals surface area contributed by atoms with Crippen molar-refractivity contribution in [2.45, 2.75) is 33.7 Å². The molecule has 0 atom stereocenters. The Hall–Kier alpha value is -2.77. The highest BCUT2D eigenvalue weighted by molar-refractivity contribution is 6.08. The molecule has 1 amide bonds. The van der Waals surface area contributed by atoms with Crippen LogP contribution in [-0.2, 0) is 0 Å². The van der Waals surface area contributed by atoms with Crippen LogP contribution in [0.3, 0.4) is 0 Å². The lowest BCUT2D eigenvalue weighted by Crippen LogP contribution is -2.20. The van der Waals surface area contributed by atoms with Gasteiger partial charge in [-0.15, -0.1) is 0 Å². The Bertz CT molecular complexity index is 736. The number of rotatable bonds is 4. The van der Waals surface area contributed by atoms with Crippen LogP contribution in [0.5, 0.6) is 0 Å². The van der Waals surface area contributed by atoms with E-state index in [4.69, 9.17) is 5.11 Å². The molecule has 2 aromatic rings. The van der Waals surface area contributed by atoms with Gasteiger partial charge in [-0.3, -0.25) is 9.48 Å². The van der Waals surface area contributed by atoms with Gasteiger partial charge in [-0.2, -0.15) is 5.10 Å². The van der Waals surface area contributed by atoms with Crippen LogP contribution in [0, 0.1) is 13.8 Å². The van der Waals surface area contributed by atoms with Crippen molar-refractivity contribution in [1.29, 1.82) is 0 Å². The van der Waals surface area contributed by atoms with Gasteiger partial charge in [-0.25, -0.2) is 14.8 Å². The minimum absolute atomic E-state index is 0.149. The number of carbonyl (C=O) groups is 2. The summed E-state index contributed by atoms with van der Waals surface area (Å²) in [6.07, 6.45) is 2.51. The molecule has 0 bridgehead atoms. The summed E-state index contributed by atoms with van der Waals surface area (Å²) >= 11 is 0. The number of nitrogens with one attached hydrogen (secondary N) is 1. The van der Waals surface area contributed by atoms with Crippen molar-refractivity contribution < 1.29 is 14.7 Å². The van der Waals surface area contributed by atoms with Crippen molar-refractivity contribution in [2.24, 2.45) is 0 Å². The minimum Gasteiger partial charge on any atom is -0.476 e. The number of carboxylic acid groups (broad SMARTS) is 1. The number of aromatic carboxylic acids is 1. The number of aromatic nitrogens is 4. The highest BCUT2D eigenvalue weighted by atomic mass is 16.4. The third-order valence-electron chi connectivity index (χ3n) is 3.17. The number of carboxylic acids is 1. The first-order chi connectivity index (χ1) is 10.3. The maximum absolute atomic E-state index is 12.3. The molecule has 0 aliphatic carbocycles. The van der Waals surface area contributed by atoms with E-state index < -0.39 is 11.9 Å². The van der Waals surface area contributed by atoms with Crippen molar-refractivity contribution in [3.63, 3.8) is 0 Å². The van der Waals surface area contributed by atoms with E-state index >= 15 is 0 Å². The largest absolute Gasteiger partial charge is 0.476 e. The van der Waals surface area contributed by atoms with Crippen LogP contribution >= 0.6 is 0 Å². The third kappa shape index (κ3) is 2.80. The summed E-state index contributed by atoms with van der Waals surface area (Å²) in [5.41, 5.74) is 1.39. The molecule has 2 rings (SSSR count). The number of anilines is 1. The van der Waals surface area contributed by atoms with Gasteiger partial charge in [0.2, 0.25) is 0 Å². The Morgan fingerprint density at radius 3 is 2.27 bits per heavy atom. The zero-order valence-electron chi connectivity index (χ0n) is 12.8. The predicted octanol–water partition coefficient (Wildman–Crippen LogP) is 1.82. The first kappa shape index (κ1) is 15.6. The van der Waals surface area contributed by atoms with E-state index in [1.807, 2.05) is 20.8 Å². The molecule has 22 heavy (non-hydrogen) atoms. The van der Waals surface area contributed by atoms with Gasteiger partial charge in [0.1, 0.15) is 0 Å². The molecule has 0 unspecified atom stereocenters. The Balaban J connectivity index is 2.37. The smallest absolute Gasteiger partial charge is 0.356 e. The lowest BCUT2D eigenvalue weighted by molar-refractivity contribution is 0.0685. The average Bonchev–Trinajstić information content (AvgIpc) is 2.75. The molecule has 0 aliphatic heterocycles. The Morgan fingerprint density at radius 1 is 1.18 bits per heavy atom. The van der Waals surface area contributed by atoms with E-state index in [9.17, 15) is 9.59 Å². The highest BCUT2D eigenvalue weighted by Crippen LogP contribution is 2.23. The minimum atomic E-state index is -1.30. The summed E-state index contributed by atoms with van der Waals surface area (Å²) in [6.45, 7) is 7.58. The number of amides is 1. The summed E-state index contributed by atoms with van der Waals surface area (Å²) in [5.74, 6) is -1.93. The first-order valence-electron chi connectivity index (χ1n) is 6.74. The second-order valence-corrected chi connectivity index (χ2v) is 5.10. The molecule has 0 saturated heterocycles. The number of hydrogen-bond acceptors (Lipinski definition) is 5. The lowest BCUT2D eigenvalue weighted by Gasteiger charge is -2.09. The lowest BCUT2D eigenvalue weighted by atomic mass is 10.2. The van der Waals surface area contributed by atoms with Gasteiger partial charge in [0.05, 0.1) is 17.1 Å². The van der Waals surface area contributed by atoms with Gasteiger partial charge >= 0.3 is 5.97 Å². The third-order valence-corrected chi connectivity index (χ3v) is 3.17. The van der Waals surface area contributed by atoms with Crippen molar-refractivity contribution >= 4 is 17.6 Å². The van der Waals surface area contributed by atoms with Crippen LogP contribution < -0.4 is 5.32 Å². The van der Waals surface area contributed by atoms with Gasteiger partial charge < -0.3 is 10.4 Å². The number of nitrogens with zero attached hydrogens (tertiary/aromatic N) is 4. The highest BCUT2D eigenvalue weighted by Gasteiger charge is 2.22. The molecule has 2 aromatic heterocycles. The number of carbonyl (C=O) groups excluding carboxylic acids is 1. The molecule has 0 saturated carbocycles. The monoisotopic (exact) mass is 303 g/mol. The molecule has 116 valence electrons. The maximum atomic E-state index is 12.3. The van der Waals surface area contributed by atoms with Gasteiger partial charge in [0.25, 0.3) is 5.91 Å². The van der Waals surface area contributed by atoms with Crippen LogP contribution in [0.2, 0.25) is 0 Å². The van der Waals surface area contributed by atoms with Crippen LogP contribution in [0.25, 0.3) is 0 Å². The molecule has 0 aliphatic rings. The molecule has 0 spiro atoms. The van der Waals surface area contributed by atoms with Gasteiger partial charge in [0.15, 0.2) is 11.4 Å². The fraction of sp³-hybridized carbons (Fsp3) is 0.357. The number of aryl methyl sites for hydroxylation is 1. The zero-order chi connectivity index (χ0) is 16.4. The summed E-state index contributed by atoms with van der Waals surface area (Å²) in [4.78, 5) is 30.9. The Labute approximate surface area is 127 Å². The molecule has 0 aromatic carbocycles. The van der Waals surface area contributed by atoms with Gasteiger partial charge in [-0.05, 0) is 27.7 Å². The summed E-state index contributed by atoms with van der Waals surface area (Å²) < 4.78 is 1.79. The Kier molecular flexibility index (Phi) is 4.20. The number of hydrogen-bond donors (Lipinski definition) is 2. The summed E-state index contributed by atoms with van der Waals surface area (Å²) in [7, 11) is 0. The van der Waals surface area contributed by atoms with Crippen LogP contribution in [0.15, 0.2) is 12.4 Å². The summed E-state index contributed by atoms with van der Waals surface area (Å²) in [6, 6.07) is 0.149. The molecule has 8 heteroatoms. The fourth-order valence-corrected chi connectivity index (χ4v) is 2.18. The molecule has 0 radical (unpaired) electrons. The van der Waals surface area contributed by atoms with E-state index in [0.29, 0.717) is 11.4 Å². The van der Waals surface area contributed by atoms with E-state index in [1.54, 1.807) is 11.6 Å². The average molecular weight is 303 g/mol. The SMILES string of the molecule is Cc1nn(C(C)C)c(C)c1NC(=O)c1nccnc1C(=O)O. The van der Waals surface area contributed by atoms with Crippen molar-refractivity contribution in [2.75, 3.05) is 5.32 Å². The van der Waals surface area contributed by atoms with Crippen molar-refractivity contribution in [1.82, 2.24) is 19.7 Å². The molecule has 2 heterocycles. The molecular formula is C14H17N5O3. The maximum Gasteiger partial charge on any atom is 0.356 e. The second-order valence-electron chi connectivity index (χ2n) is 5.10. The second kappa shape index (κ2) is 5.92. The van der Waals surface area contributed by atoms with E-state index in [2.05, 4.69) is 20.4 Å². The van der Waals surface area contributed by atoms with E-state index in [0.717, 1.165) is 5.69 Å². The molecule has 2 N–H and O–H groups in total. The van der Waals surface area contributed by atoms with Crippen molar-refractivity contribution in [3.8, 4) is 0 Å². The Morgan fingerprint density at radius 2 is 1.77 bits per heavy atom. The zero-order valence-corrected chi connectivity index (χ0v) is 12.8. The normalized spacial score (nSPS) is 10.8. The topological polar surface area (TPSA) is 110 Å². The van der Waals surface area contributed by atoms with Crippen LogP contribution in [0.1, 0.15) is 52.3 Å². The molecule has 8 nitrogen and oxygen atoms in total. The quantitative estimate of drug-likeness (QED) is 0.891.